The summed E-state index contributed by atoms with van der Waals surface area (Å²) in [7, 11) is 0. The molecule has 48 heavy (non-hydrogen) atoms. The first-order valence-electron chi connectivity index (χ1n) is 16.2. The van der Waals surface area contributed by atoms with Crippen LogP contribution in [-0.2, 0) is 0 Å². The molecule has 9 aromatic rings. The number of fused-ring (bicyclic) bond motifs is 5. The molecule has 0 N–H and O–H groups in total. The molecule has 7 aromatic carbocycles. The minimum atomic E-state index is 0.886. The smallest absolute Gasteiger partial charge is 0.139 e. The molecule has 0 bridgehead atoms. The van der Waals surface area contributed by atoms with Crippen molar-refractivity contribution >= 4 is 59.6 Å². The van der Waals surface area contributed by atoms with E-state index in [-0.39, 0.29) is 0 Å². The minimum Gasteiger partial charge on any atom is -0.295 e. The fourth-order valence-electron chi connectivity index (χ4n) is 6.74. The zero-order chi connectivity index (χ0) is 31.9. The van der Waals surface area contributed by atoms with E-state index in [0.717, 1.165) is 22.0 Å². The molecule has 0 saturated carbocycles. The number of anilines is 3. The standard InChI is InChI=1S/C45H30N2S/c1-4-12-31(13-5-1)32-20-23-36(24-21-32)47(37-25-27-38(33-14-6-2-7-15-33)42(30-37)34-16-8-3-9-17-34)43-29-28-41-40-26-22-35-18-10-11-19-39(35)44(40)48-45(41)46-43/h1-30H. The second kappa shape index (κ2) is 12.0. The molecule has 0 spiro atoms. The Morgan fingerprint density at radius 2 is 0.979 bits per heavy atom. The van der Waals surface area contributed by atoms with E-state index < -0.39 is 0 Å². The Morgan fingerprint density at radius 1 is 0.396 bits per heavy atom. The predicted molar refractivity (Wildman–Crippen MR) is 206 cm³/mol. The lowest BCUT2D eigenvalue weighted by molar-refractivity contribution is 1.21. The average Bonchev–Trinajstić information content (AvgIpc) is 3.55. The first-order valence-corrected chi connectivity index (χ1v) is 17.0. The summed E-state index contributed by atoms with van der Waals surface area (Å²) in [4.78, 5) is 8.71. The highest BCUT2D eigenvalue weighted by Crippen LogP contribution is 2.43. The summed E-state index contributed by atoms with van der Waals surface area (Å²) < 4.78 is 1.28. The molecule has 0 atom stereocenters. The number of rotatable bonds is 6. The van der Waals surface area contributed by atoms with Crippen LogP contribution in [0.3, 0.4) is 0 Å². The van der Waals surface area contributed by atoms with Crippen molar-refractivity contribution in [1.29, 1.82) is 0 Å². The van der Waals surface area contributed by atoms with Gasteiger partial charge in [0, 0.05) is 26.8 Å². The summed E-state index contributed by atoms with van der Waals surface area (Å²) in [5.74, 6) is 0.886. The van der Waals surface area contributed by atoms with Crippen LogP contribution in [0, 0.1) is 0 Å². The first kappa shape index (κ1) is 28.2. The number of benzene rings is 7. The number of nitrogens with zero attached hydrogens (tertiary/aromatic N) is 2. The molecular weight excluding hydrogens is 601 g/mol. The number of aromatic nitrogens is 1. The van der Waals surface area contributed by atoms with E-state index in [1.807, 2.05) is 0 Å². The van der Waals surface area contributed by atoms with Crippen LogP contribution in [-0.4, -0.2) is 4.98 Å². The zero-order valence-electron chi connectivity index (χ0n) is 26.1. The third-order valence-electron chi connectivity index (χ3n) is 9.11. The van der Waals surface area contributed by atoms with Gasteiger partial charge in [-0.25, -0.2) is 4.98 Å². The van der Waals surface area contributed by atoms with E-state index in [1.54, 1.807) is 11.3 Å². The number of pyridine rings is 1. The molecule has 0 saturated heterocycles. The maximum absolute atomic E-state index is 5.38. The second-order valence-corrected chi connectivity index (χ2v) is 13.0. The Labute approximate surface area is 283 Å². The van der Waals surface area contributed by atoms with Crippen molar-refractivity contribution in [2.45, 2.75) is 0 Å². The fraction of sp³-hybridized carbons (Fsp3) is 0. The van der Waals surface area contributed by atoms with Crippen LogP contribution in [0.2, 0.25) is 0 Å². The molecule has 0 aliphatic carbocycles. The van der Waals surface area contributed by atoms with Crippen molar-refractivity contribution in [1.82, 2.24) is 4.98 Å². The fourth-order valence-corrected chi connectivity index (χ4v) is 7.95. The number of thiophene rings is 1. The van der Waals surface area contributed by atoms with Gasteiger partial charge < -0.3 is 0 Å². The molecule has 226 valence electrons. The maximum Gasteiger partial charge on any atom is 0.139 e. The van der Waals surface area contributed by atoms with Crippen LogP contribution in [0.5, 0.6) is 0 Å². The van der Waals surface area contributed by atoms with Crippen LogP contribution in [0.1, 0.15) is 0 Å². The van der Waals surface area contributed by atoms with Gasteiger partial charge in [0.2, 0.25) is 0 Å². The Balaban J connectivity index is 1.24. The first-order chi connectivity index (χ1) is 23.8. The molecule has 0 amide bonds. The minimum absolute atomic E-state index is 0.886. The third-order valence-corrected chi connectivity index (χ3v) is 10.3. The van der Waals surface area contributed by atoms with Gasteiger partial charge in [-0.3, -0.25) is 4.90 Å². The van der Waals surface area contributed by atoms with Gasteiger partial charge in [-0.05, 0) is 80.6 Å². The van der Waals surface area contributed by atoms with Crippen molar-refractivity contribution in [3.05, 3.63) is 182 Å². The molecule has 2 aromatic heterocycles. The van der Waals surface area contributed by atoms with Crippen molar-refractivity contribution < 1.29 is 0 Å². The van der Waals surface area contributed by atoms with Gasteiger partial charge in [0.1, 0.15) is 10.6 Å². The van der Waals surface area contributed by atoms with E-state index in [4.69, 9.17) is 4.98 Å². The van der Waals surface area contributed by atoms with Gasteiger partial charge >= 0.3 is 0 Å². The number of hydrogen-bond acceptors (Lipinski definition) is 3. The molecule has 2 nitrogen and oxygen atoms in total. The average molecular weight is 631 g/mol. The van der Waals surface area contributed by atoms with Crippen LogP contribution in [0.25, 0.3) is 64.5 Å². The van der Waals surface area contributed by atoms with Gasteiger partial charge in [0.15, 0.2) is 0 Å². The Bertz CT molecular complexity index is 2540. The molecule has 0 fully saturated rings. The van der Waals surface area contributed by atoms with Crippen LogP contribution in [0.4, 0.5) is 17.2 Å². The van der Waals surface area contributed by atoms with E-state index >= 15 is 0 Å². The Morgan fingerprint density at radius 3 is 1.71 bits per heavy atom. The second-order valence-electron chi connectivity index (χ2n) is 12.0. The van der Waals surface area contributed by atoms with Crippen LogP contribution < -0.4 is 4.90 Å². The van der Waals surface area contributed by atoms with Crippen molar-refractivity contribution in [2.75, 3.05) is 4.90 Å². The van der Waals surface area contributed by atoms with Crippen LogP contribution >= 0.6 is 11.3 Å². The van der Waals surface area contributed by atoms with Gasteiger partial charge in [-0.15, -0.1) is 11.3 Å². The highest BCUT2D eigenvalue weighted by Gasteiger charge is 2.19. The van der Waals surface area contributed by atoms with Crippen molar-refractivity contribution in [2.24, 2.45) is 0 Å². The van der Waals surface area contributed by atoms with E-state index in [0.29, 0.717) is 0 Å². The van der Waals surface area contributed by atoms with E-state index in [9.17, 15) is 0 Å². The predicted octanol–water partition coefficient (Wildman–Crippen LogP) is 13.1. The van der Waals surface area contributed by atoms with Gasteiger partial charge in [0.05, 0.1) is 0 Å². The molecule has 0 radical (unpaired) electrons. The molecule has 0 unspecified atom stereocenters. The summed E-state index contributed by atoms with van der Waals surface area (Å²) in [5, 5.41) is 4.97. The summed E-state index contributed by atoms with van der Waals surface area (Å²) in [6.45, 7) is 0. The molecule has 9 rings (SSSR count). The molecular formula is C45H30N2S. The molecule has 0 aliphatic heterocycles. The zero-order valence-corrected chi connectivity index (χ0v) is 26.9. The van der Waals surface area contributed by atoms with E-state index in [1.165, 1.54) is 59.6 Å². The maximum atomic E-state index is 5.38. The highest BCUT2D eigenvalue weighted by atomic mass is 32.1. The monoisotopic (exact) mass is 630 g/mol. The molecule has 0 aliphatic rings. The number of hydrogen-bond donors (Lipinski definition) is 0. The quantitative estimate of drug-likeness (QED) is 0.182. The lowest BCUT2D eigenvalue weighted by atomic mass is 9.93. The van der Waals surface area contributed by atoms with Gasteiger partial charge in [0.25, 0.3) is 0 Å². The summed E-state index contributed by atoms with van der Waals surface area (Å²) in [5.41, 5.74) is 9.24. The van der Waals surface area contributed by atoms with Gasteiger partial charge in [-0.1, -0.05) is 146 Å². The lowest BCUT2D eigenvalue weighted by Gasteiger charge is -2.26. The van der Waals surface area contributed by atoms with E-state index in [2.05, 4.69) is 187 Å². The van der Waals surface area contributed by atoms with Crippen molar-refractivity contribution in [3.8, 4) is 33.4 Å². The molecule has 2 heterocycles. The third kappa shape index (κ3) is 5.02. The Kier molecular flexibility index (Phi) is 7.03. The topological polar surface area (TPSA) is 16.1 Å². The summed E-state index contributed by atoms with van der Waals surface area (Å²) >= 11 is 1.77. The van der Waals surface area contributed by atoms with Gasteiger partial charge in [-0.2, -0.15) is 0 Å². The summed E-state index contributed by atoms with van der Waals surface area (Å²) in [6, 6.07) is 65.0. The van der Waals surface area contributed by atoms with Crippen molar-refractivity contribution in [3.63, 3.8) is 0 Å². The largest absolute Gasteiger partial charge is 0.295 e. The summed E-state index contributed by atoms with van der Waals surface area (Å²) in [6.07, 6.45) is 0. The lowest BCUT2D eigenvalue weighted by Crippen LogP contribution is -2.11. The Hall–Kier alpha value is -6.03. The SMILES string of the molecule is c1ccc(-c2ccc(N(c3ccc(-c4ccccc4)c(-c4ccccc4)c3)c3ccc4c(n3)sc3c5ccccc5ccc43)cc2)cc1. The van der Waals surface area contributed by atoms with Crippen LogP contribution in [0.15, 0.2) is 182 Å². The highest BCUT2D eigenvalue weighted by molar-refractivity contribution is 7.26. The molecule has 3 heteroatoms. The normalized spacial score (nSPS) is 11.3.